The van der Waals surface area contributed by atoms with Crippen LogP contribution in [0, 0.1) is 0 Å². The summed E-state index contributed by atoms with van der Waals surface area (Å²) in [5.41, 5.74) is 0. The molecule has 54 valence electrons. The van der Waals surface area contributed by atoms with Crippen molar-refractivity contribution in [3.8, 4) is 0 Å². The molecule has 4 heteroatoms. The Hall–Kier alpha value is -0.380. The van der Waals surface area contributed by atoms with E-state index in [-0.39, 0.29) is 0 Å². The molecule has 0 radical (unpaired) electrons. The van der Waals surface area contributed by atoms with Gasteiger partial charge in [0.25, 0.3) is 0 Å². The average Bonchev–Trinajstić information content (AvgIpc) is 1.89. The first-order valence-electron chi connectivity index (χ1n) is 2.63. The van der Waals surface area contributed by atoms with Gasteiger partial charge < -0.3 is 9.47 Å². The Balaban J connectivity index is 2.97. The topological polar surface area (TPSA) is 35.5 Å². The smallest absolute Gasteiger partial charge is 0.438 e. The van der Waals surface area contributed by atoms with Gasteiger partial charge in [0.15, 0.2) is 0 Å². The molecule has 0 saturated carbocycles. The van der Waals surface area contributed by atoms with Crippen LogP contribution in [0.25, 0.3) is 0 Å². The third-order valence-electron chi connectivity index (χ3n) is 0.689. The van der Waals surface area contributed by atoms with E-state index in [2.05, 4.69) is 22.1 Å². The molecule has 0 aromatic rings. The third-order valence-corrected chi connectivity index (χ3v) is 1.01. The van der Waals surface area contributed by atoms with Crippen molar-refractivity contribution in [2.75, 3.05) is 19.5 Å². The summed E-state index contributed by atoms with van der Waals surface area (Å²) in [4.78, 5) is 10.2. The van der Waals surface area contributed by atoms with Crippen LogP contribution in [0.2, 0.25) is 0 Å². The Morgan fingerprint density at radius 1 is 1.67 bits per heavy atom. The van der Waals surface area contributed by atoms with E-state index in [1.165, 1.54) is 7.11 Å². The van der Waals surface area contributed by atoms with Crippen LogP contribution in [0.5, 0.6) is 0 Å². The molecular weight excluding hydrogens is 140 g/mol. The lowest BCUT2D eigenvalue weighted by Crippen LogP contribution is -2.05. The van der Waals surface area contributed by atoms with Gasteiger partial charge >= 0.3 is 6.16 Å². The summed E-state index contributed by atoms with van der Waals surface area (Å²) in [6, 6.07) is 0. The number of carbonyl (C=O) groups is 1. The summed E-state index contributed by atoms with van der Waals surface area (Å²) in [7, 11) is 1.28. The second kappa shape index (κ2) is 5.75. The van der Waals surface area contributed by atoms with E-state index in [1.54, 1.807) is 0 Å². The van der Waals surface area contributed by atoms with Crippen LogP contribution in [-0.2, 0) is 9.47 Å². The highest BCUT2D eigenvalue weighted by atomic mass is 32.1. The molecule has 0 atom stereocenters. The summed E-state index contributed by atoms with van der Waals surface area (Å²) in [5, 5.41) is 0. The van der Waals surface area contributed by atoms with Crippen molar-refractivity contribution in [3.05, 3.63) is 0 Å². The first-order valence-corrected chi connectivity index (χ1v) is 3.26. The van der Waals surface area contributed by atoms with Gasteiger partial charge in [0.05, 0.1) is 13.7 Å². The van der Waals surface area contributed by atoms with Crippen molar-refractivity contribution in [3.63, 3.8) is 0 Å². The molecule has 0 saturated heterocycles. The van der Waals surface area contributed by atoms with Crippen molar-refractivity contribution in [1.82, 2.24) is 0 Å². The number of rotatable bonds is 3. The maximum absolute atomic E-state index is 10.2. The molecule has 0 aromatic carbocycles. The number of hydrogen-bond donors (Lipinski definition) is 1. The molecule has 0 aromatic heterocycles. The molecule has 0 unspecified atom stereocenters. The van der Waals surface area contributed by atoms with Gasteiger partial charge in [0, 0.05) is 0 Å². The van der Waals surface area contributed by atoms with E-state index in [0.29, 0.717) is 6.61 Å². The zero-order valence-corrected chi connectivity index (χ0v) is 6.19. The molecule has 0 aliphatic carbocycles. The Bertz CT molecular complexity index is 84.3. The zero-order valence-electron chi connectivity index (χ0n) is 5.29. The minimum absolute atomic E-state index is 0.385. The Labute approximate surface area is 59.7 Å². The number of hydrogen-bond acceptors (Lipinski definition) is 4. The first kappa shape index (κ1) is 8.62. The van der Waals surface area contributed by atoms with Crippen molar-refractivity contribution in [2.45, 2.75) is 6.42 Å². The van der Waals surface area contributed by atoms with Gasteiger partial charge in [-0.3, -0.25) is 0 Å². The predicted octanol–water partition coefficient (Wildman–Crippen LogP) is 1.09. The van der Waals surface area contributed by atoms with E-state index >= 15 is 0 Å². The van der Waals surface area contributed by atoms with Gasteiger partial charge in [-0.2, -0.15) is 12.6 Å². The molecular formula is C5H10O3S. The highest BCUT2D eigenvalue weighted by Crippen LogP contribution is 1.87. The minimum atomic E-state index is -0.628. The number of ether oxygens (including phenoxy) is 2. The van der Waals surface area contributed by atoms with E-state index < -0.39 is 6.16 Å². The summed E-state index contributed by atoms with van der Waals surface area (Å²) in [6.07, 6.45) is 0.134. The molecule has 0 aliphatic rings. The molecule has 0 heterocycles. The average molecular weight is 150 g/mol. The quantitative estimate of drug-likeness (QED) is 0.371. The van der Waals surface area contributed by atoms with E-state index in [9.17, 15) is 4.79 Å². The van der Waals surface area contributed by atoms with Crippen LogP contribution in [0.1, 0.15) is 6.42 Å². The van der Waals surface area contributed by atoms with Gasteiger partial charge in [0.2, 0.25) is 0 Å². The minimum Gasteiger partial charge on any atom is -0.438 e. The fourth-order valence-corrected chi connectivity index (χ4v) is 0.408. The van der Waals surface area contributed by atoms with Crippen LogP contribution in [0.4, 0.5) is 4.79 Å². The SMILES string of the molecule is COC(=O)OCCCS. The summed E-state index contributed by atoms with van der Waals surface area (Å²) in [5.74, 6) is 0.719. The van der Waals surface area contributed by atoms with Crippen LogP contribution < -0.4 is 0 Å². The first-order chi connectivity index (χ1) is 4.31. The van der Waals surface area contributed by atoms with Gasteiger partial charge in [-0.25, -0.2) is 4.79 Å². The fourth-order valence-electron chi connectivity index (χ4n) is 0.279. The molecule has 0 spiro atoms. The van der Waals surface area contributed by atoms with E-state index in [4.69, 9.17) is 0 Å². The largest absolute Gasteiger partial charge is 0.507 e. The van der Waals surface area contributed by atoms with Crippen LogP contribution in [0.15, 0.2) is 0 Å². The molecule has 0 amide bonds. The van der Waals surface area contributed by atoms with Gasteiger partial charge in [-0.15, -0.1) is 0 Å². The van der Waals surface area contributed by atoms with Crippen LogP contribution in [0.3, 0.4) is 0 Å². The monoisotopic (exact) mass is 150 g/mol. The number of thiol groups is 1. The molecule has 9 heavy (non-hydrogen) atoms. The molecule has 0 aliphatic heterocycles. The summed E-state index contributed by atoms with van der Waals surface area (Å²) in [6.45, 7) is 0.385. The molecule has 0 rings (SSSR count). The second-order valence-electron chi connectivity index (χ2n) is 1.38. The number of methoxy groups -OCH3 is 1. The van der Waals surface area contributed by atoms with Crippen LogP contribution in [-0.4, -0.2) is 25.6 Å². The van der Waals surface area contributed by atoms with E-state index in [0.717, 1.165) is 12.2 Å². The highest BCUT2D eigenvalue weighted by molar-refractivity contribution is 7.80. The second-order valence-corrected chi connectivity index (χ2v) is 1.83. The number of carbonyl (C=O) groups excluding carboxylic acids is 1. The lowest BCUT2D eigenvalue weighted by atomic mass is 10.5. The van der Waals surface area contributed by atoms with Gasteiger partial charge in [-0.1, -0.05) is 0 Å². The van der Waals surface area contributed by atoms with Gasteiger partial charge in [-0.05, 0) is 12.2 Å². The maximum Gasteiger partial charge on any atom is 0.507 e. The Morgan fingerprint density at radius 3 is 2.78 bits per heavy atom. The van der Waals surface area contributed by atoms with E-state index in [1.807, 2.05) is 0 Å². The fraction of sp³-hybridized carbons (Fsp3) is 0.800. The Morgan fingerprint density at radius 2 is 2.33 bits per heavy atom. The lowest BCUT2D eigenvalue weighted by molar-refractivity contribution is 0.0731. The van der Waals surface area contributed by atoms with Crippen molar-refractivity contribution < 1.29 is 14.3 Å². The Kier molecular flexibility index (Phi) is 5.51. The molecule has 0 N–H and O–H groups in total. The predicted molar refractivity (Wildman–Crippen MR) is 36.8 cm³/mol. The van der Waals surface area contributed by atoms with Crippen molar-refractivity contribution in [2.24, 2.45) is 0 Å². The van der Waals surface area contributed by atoms with Crippen molar-refractivity contribution in [1.29, 1.82) is 0 Å². The standard InChI is InChI=1S/C5H10O3S/c1-7-5(6)8-3-2-4-9/h9H,2-4H2,1H3. The molecule has 3 nitrogen and oxygen atoms in total. The molecule has 0 bridgehead atoms. The third kappa shape index (κ3) is 5.49. The van der Waals surface area contributed by atoms with Gasteiger partial charge in [0.1, 0.15) is 0 Å². The van der Waals surface area contributed by atoms with Crippen LogP contribution >= 0.6 is 12.6 Å². The summed E-state index contributed by atoms with van der Waals surface area (Å²) < 4.78 is 8.73. The lowest BCUT2D eigenvalue weighted by Gasteiger charge is -1.99. The summed E-state index contributed by atoms with van der Waals surface area (Å²) >= 11 is 3.92. The zero-order chi connectivity index (χ0) is 7.11. The highest BCUT2D eigenvalue weighted by Gasteiger charge is 1.96. The maximum atomic E-state index is 10.2. The molecule has 0 fully saturated rings. The normalized spacial score (nSPS) is 8.67. The van der Waals surface area contributed by atoms with Crippen molar-refractivity contribution >= 4 is 18.8 Å².